The van der Waals surface area contributed by atoms with Crippen molar-refractivity contribution in [1.29, 1.82) is 0 Å². The highest BCUT2D eigenvalue weighted by Crippen LogP contribution is 2.27. The normalized spacial score (nSPS) is 12.4. The molecule has 2 heterocycles. The topological polar surface area (TPSA) is 270 Å². The van der Waals surface area contributed by atoms with E-state index in [2.05, 4.69) is 24.7 Å². The summed E-state index contributed by atoms with van der Waals surface area (Å²) >= 11 is 0. The number of amides is 4. The van der Waals surface area contributed by atoms with Gasteiger partial charge in [-0.1, -0.05) is 21.6 Å². The van der Waals surface area contributed by atoms with Crippen molar-refractivity contribution in [3.05, 3.63) is 60.7 Å². The van der Waals surface area contributed by atoms with Gasteiger partial charge in [-0.25, -0.2) is 29.1 Å². The lowest BCUT2D eigenvalue weighted by Crippen LogP contribution is -2.49. The van der Waals surface area contributed by atoms with Crippen LogP contribution in [0, 0.1) is 0 Å². The van der Waals surface area contributed by atoms with E-state index in [-0.39, 0.29) is 21.2 Å². The number of carbonyl (C=O) groups is 8. The first kappa shape index (κ1) is 34.0. The van der Waals surface area contributed by atoms with Gasteiger partial charge >= 0.3 is 24.1 Å². The maximum atomic E-state index is 13.0. The van der Waals surface area contributed by atoms with E-state index < -0.39 is 71.1 Å². The minimum Gasteiger partial charge on any atom is -0.480 e. The van der Waals surface area contributed by atoms with E-state index in [9.17, 15) is 43.5 Å². The summed E-state index contributed by atoms with van der Waals surface area (Å²) in [6, 6.07) is -3.74. The molecule has 43 heavy (non-hydrogen) atoms. The molecule has 228 valence electrons. The summed E-state index contributed by atoms with van der Waals surface area (Å²) in [6.07, 6.45) is 3.71. The zero-order valence-electron chi connectivity index (χ0n) is 21.8. The first-order valence-corrected chi connectivity index (χ1v) is 14.0. The molecular formula is C23H22N6O12S2. The van der Waals surface area contributed by atoms with Crippen molar-refractivity contribution in [3.63, 3.8) is 0 Å². The fraction of sp³-hybridized carbons (Fsp3) is 0.217. The first-order valence-electron chi connectivity index (χ1n) is 11.5. The molecule has 0 radical (unpaired) electrons. The van der Waals surface area contributed by atoms with Gasteiger partial charge in [0.2, 0.25) is 11.6 Å². The number of rotatable bonds is 15. The average Bonchev–Trinajstić information content (AvgIpc) is 3.69. The number of nitrogens with zero attached hydrogens (tertiary/aromatic N) is 4. The number of ketones is 2. The molecule has 0 saturated carbocycles. The fourth-order valence-corrected chi connectivity index (χ4v) is 5.42. The van der Waals surface area contributed by atoms with Crippen molar-refractivity contribution in [2.45, 2.75) is 12.1 Å². The molecule has 18 nitrogen and oxygen atoms in total. The van der Waals surface area contributed by atoms with Crippen LogP contribution in [-0.2, 0) is 23.9 Å². The zero-order valence-corrected chi connectivity index (χ0v) is 23.4. The lowest BCUT2D eigenvalue weighted by atomic mass is 10.2. The molecule has 2 atom stereocenters. The van der Waals surface area contributed by atoms with Gasteiger partial charge in [0.05, 0.1) is 19.8 Å². The number of carbonyl (C=O) groups excluding carboxylic acids is 5. The quantitative estimate of drug-likeness (QED) is 0.0590. The highest BCUT2D eigenvalue weighted by atomic mass is 33.1. The summed E-state index contributed by atoms with van der Waals surface area (Å²) in [6.45, 7) is 0. The number of ether oxygens (including phenoxy) is 1. The summed E-state index contributed by atoms with van der Waals surface area (Å²) in [5.74, 6) is -7.99. The Kier molecular flexibility index (Phi) is 12.8. The molecule has 1 unspecified atom stereocenters. The molecule has 2 rings (SSSR count). The second kappa shape index (κ2) is 16.3. The van der Waals surface area contributed by atoms with Crippen molar-refractivity contribution < 1.29 is 58.4 Å². The van der Waals surface area contributed by atoms with Crippen LogP contribution in [0.5, 0.6) is 0 Å². The van der Waals surface area contributed by atoms with Crippen LogP contribution in [0.25, 0.3) is 0 Å². The molecule has 0 aliphatic carbocycles. The molecule has 5 N–H and O–H groups in total. The first-order chi connectivity index (χ1) is 20.4. The molecule has 0 bridgehead atoms. The van der Waals surface area contributed by atoms with Gasteiger partial charge in [0.1, 0.15) is 17.4 Å². The second-order valence-electron chi connectivity index (χ2n) is 7.75. The molecule has 0 saturated heterocycles. The Morgan fingerprint density at radius 3 is 1.56 bits per heavy atom. The van der Waals surface area contributed by atoms with Gasteiger partial charge < -0.3 is 30.0 Å². The third-order valence-corrected chi connectivity index (χ3v) is 7.45. The van der Waals surface area contributed by atoms with Gasteiger partial charge in [-0.3, -0.25) is 24.1 Å². The van der Waals surface area contributed by atoms with Crippen LogP contribution in [0.2, 0.25) is 0 Å². The van der Waals surface area contributed by atoms with E-state index in [1.165, 1.54) is 25.0 Å². The molecule has 0 spiro atoms. The molecule has 0 aromatic carbocycles. The number of carboxylic acid groups (broad SMARTS) is 3. The average molecular weight is 639 g/mol. The summed E-state index contributed by atoms with van der Waals surface area (Å²) < 4.78 is 4.45. The number of aromatic nitrogens is 4. The smallest absolute Gasteiger partial charge is 0.417 e. The second-order valence-corrected chi connectivity index (χ2v) is 10.3. The number of allylic oxidation sites excluding steroid dienone is 2. The minimum absolute atomic E-state index is 0.0786. The summed E-state index contributed by atoms with van der Waals surface area (Å²) in [5, 5.41) is 28.2. The van der Waals surface area contributed by atoms with E-state index in [0.717, 1.165) is 19.3 Å². The largest absolute Gasteiger partial charge is 0.480 e. The van der Waals surface area contributed by atoms with Crippen molar-refractivity contribution in [1.82, 2.24) is 29.7 Å². The monoisotopic (exact) mass is 638 g/mol. The summed E-state index contributed by atoms with van der Waals surface area (Å²) in [5.41, 5.74) is -0.157. The Bertz CT molecular complexity index is 1340. The van der Waals surface area contributed by atoms with E-state index in [0.29, 0.717) is 33.7 Å². The van der Waals surface area contributed by atoms with Crippen LogP contribution in [0.15, 0.2) is 49.4 Å². The highest BCUT2D eigenvalue weighted by molar-refractivity contribution is 8.76. The highest BCUT2D eigenvalue weighted by Gasteiger charge is 2.37. The van der Waals surface area contributed by atoms with Crippen LogP contribution in [0.1, 0.15) is 21.0 Å². The fourth-order valence-electron chi connectivity index (χ4n) is 3.05. The molecule has 4 amide bonds. The van der Waals surface area contributed by atoms with E-state index in [1.54, 1.807) is 0 Å². The van der Waals surface area contributed by atoms with Crippen LogP contribution in [-0.4, -0.2) is 123 Å². The summed E-state index contributed by atoms with van der Waals surface area (Å²) in [7, 11) is 2.21. The van der Waals surface area contributed by atoms with Gasteiger partial charge in [0, 0.05) is 36.1 Å². The number of esters is 1. The predicted octanol–water partition coefficient (Wildman–Crippen LogP) is 0.700. The van der Waals surface area contributed by atoms with Crippen LogP contribution < -0.4 is 0 Å². The Labute approximate surface area is 248 Å². The number of carboxylic acids is 1. The Morgan fingerprint density at radius 2 is 1.21 bits per heavy atom. The van der Waals surface area contributed by atoms with Gasteiger partial charge in [-0.05, 0) is 12.2 Å². The number of imidazole rings is 2. The number of imide groups is 2. The number of methoxy groups -OCH3 is 1. The number of hydrogen-bond donors (Lipinski definition) is 5. The maximum Gasteiger partial charge on any atom is 0.417 e. The predicted molar refractivity (Wildman–Crippen MR) is 146 cm³/mol. The summed E-state index contributed by atoms with van der Waals surface area (Å²) in [4.78, 5) is 110. The molecule has 2 aromatic rings. The number of aromatic amines is 2. The van der Waals surface area contributed by atoms with E-state index in [1.807, 2.05) is 0 Å². The van der Waals surface area contributed by atoms with Crippen LogP contribution in [0.4, 0.5) is 9.59 Å². The number of hydrogen-bond acceptors (Lipinski definition) is 13. The maximum absolute atomic E-state index is 13.0. The lowest BCUT2D eigenvalue weighted by molar-refractivity contribution is -0.153. The standard InChI is InChI=1S/C23H22N6O12S2/c1-41-21(36)15(29(22(37)38)23(39)40)9-43-42-8-14(20(34)35)28(18(32)4-2-16(30)12-6-24-10-26-12)19(33)5-3-17(31)13-7-25-11-27-13/h2-7,10-11,14-15H,8-9H2,1H3,(H,24,26)(H,25,27)(H,34,35)(H,37,38)(H,39,40)/t14?,15-/m0/s1. The number of aliphatic carboxylic acids is 1. The number of H-pyrrole nitrogens is 2. The van der Waals surface area contributed by atoms with Crippen molar-refractivity contribution in [2.75, 3.05) is 18.6 Å². The van der Waals surface area contributed by atoms with Crippen LogP contribution >= 0.6 is 21.6 Å². The van der Waals surface area contributed by atoms with Crippen molar-refractivity contribution >= 4 is 69.1 Å². The third-order valence-electron chi connectivity index (χ3n) is 5.06. The van der Waals surface area contributed by atoms with Crippen molar-refractivity contribution in [3.8, 4) is 0 Å². The molecule has 2 aromatic heterocycles. The molecule has 0 fully saturated rings. The van der Waals surface area contributed by atoms with Gasteiger partial charge in [0.25, 0.3) is 11.8 Å². The Morgan fingerprint density at radius 1 is 0.767 bits per heavy atom. The van der Waals surface area contributed by atoms with Gasteiger partial charge in [-0.2, -0.15) is 4.90 Å². The van der Waals surface area contributed by atoms with E-state index >= 15 is 0 Å². The molecular weight excluding hydrogens is 616 g/mol. The Balaban J connectivity index is 2.28. The molecule has 20 heteroatoms. The zero-order chi connectivity index (χ0) is 32.1. The van der Waals surface area contributed by atoms with Gasteiger partial charge in [-0.15, -0.1) is 0 Å². The van der Waals surface area contributed by atoms with Gasteiger partial charge in [0.15, 0.2) is 6.04 Å². The Hall–Kier alpha value is -5.24. The minimum atomic E-state index is -1.97. The molecule has 0 aliphatic heterocycles. The lowest BCUT2D eigenvalue weighted by Gasteiger charge is -2.25. The van der Waals surface area contributed by atoms with Crippen molar-refractivity contribution in [2.24, 2.45) is 0 Å². The molecule has 0 aliphatic rings. The third kappa shape index (κ3) is 9.67. The SMILES string of the molecule is COC(=O)[C@H](CSSCC(C(=O)O)N(C(=O)C=CC(=O)c1c[nH]cn1)C(=O)C=CC(=O)c1c[nH]cn1)N(C(=O)O)C(=O)O. The number of nitrogens with one attached hydrogen (secondary N) is 2. The van der Waals surface area contributed by atoms with E-state index in [4.69, 9.17) is 10.2 Å². The van der Waals surface area contributed by atoms with Crippen LogP contribution in [0.3, 0.4) is 0 Å².